The van der Waals surface area contributed by atoms with Crippen LogP contribution in [0.1, 0.15) is 18.4 Å². The number of nitrogens with one attached hydrogen (secondary N) is 2. The minimum Gasteiger partial charge on any atom is -0.317 e. The van der Waals surface area contributed by atoms with Gasteiger partial charge in [0.15, 0.2) is 0 Å². The smallest absolute Gasteiger partial charge is 0.263 e. The van der Waals surface area contributed by atoms with Gasteiger partial charge in [-0.15, -0.1) is 0 Å². The van der Waals surface area contributed by atoms with E-state index in [0.717, 1.165) is 5.56 Å². The summed E-state index contributed by atoms with van der Waals surface area (Å²) in [6, 6.07) is 6.22. The summed E-state index contributed by atoms with van der Waals surface area (Å²) >= 11 is 0. The van der Waals surface area contributed by atoms with Gasteiger partial charge < -0.3 is 5.32 Å². The van der Waals surface area contributed by atoms with E-state index >= 15 is 0 Å². The first-order chi connectivity index (χ1) is 8.56. The number of amides is 1. The van der Waals surface area contributed by atoms with Crippen molar-refractivity contribution in [2.24, 2.45) is 0 Å². The van der Waals surface area contributed by atoms with Crippen LogP contribution in [-0.4, -0.2) is 27.9 Å². The fraction of sp³-hybridized carbons (Fsp3) is 0.417. The highest BCUT2D eigenvalue weighted by atomic mass is 32.2. The molecular weight excluding hydrogens is 252 g/mol. The van der Waals surface area contributed by atoms with Gasteiger partial charge in [0.1, 0.15) is 0 Å². The Hall–Kier alpha value is -1.40. The number of carbonyl (C=O) groups is 1. The molecule has 18 heavy (non-hydrogen) atoms. The summed E-state index contributed by atoms with van der Waals surface area (Å²) in [5, 5.41) is 3.22. The lowest BCUT2D eigenvalue weighted by molar-refractivity contribution is -0.108. The summed E-state index contributed by atoms with van der Waals surface area (Å²) in [6.07, 6.45) is 2.93. The van der Waals surface area contributed by atoms with Gasteiger partial charge in [0.2, 0.25) is 6.41 Å². The van der Waals surface area contributed by atoms with Crippen LogP contribution in [0.2, 0.25) is 0 Å². The molecule has 0 bridgehead atoms. The second-order valence-electron chi connectivity index (χ2n) is 4.01. The summed E-state index contributed by atoms with van der Waals surface area (Å²) in [4.78, 5) is 10.1. The molecule has 1 fully saturated rings. The van der Waals surface area contributed by atoms with Crippen LogP contribution in [-0.2, 0) is 14.8 Å². The van der Waals surface area contributed by atoms with Crippen LogP contribution in [0.4, 0.5) is 0 Å². The Kier molecular flexibility index (Phi) is 5.80. The van der Waals surface area contributed by atoms with E-state index in [1.807, 2.05) is 6.92 Å². The maximum atomic E-state index is 11.2. The monoisotopic (exact) mass is 270 g/mol. The molecule has 1 aliphatic heterocycles. The van der Waals surface area contributed by atoms with Crippen molar-refractivity contribution < 1.29 is 13.2 Å². The van der Waals surface area contributed by atoms with Gasteiger partial charge >= 0.3 is 0 Å². The van der Waals surface area contributed by atoms with E-state index in [0.29, 0.717) is 0 Å². The van der Waals surface area contributed by atoms with E-state index in [9.17, 15) is 13.2 Å². The molecule has 100 valence electrons. The Morgan fingerprint density at radius 1 is 1.17 bits per heavy atom. The molecule has 0 atom stereocenters. The summed E-state index contributed by atoms with van der Waals surface area (Å²) in [7, 11) is -3.65. The predicted octanol–water partition coefficient (Wildman–Crippen LogP) is 0.800. The predicted molar refractivity (Wildman–Crippen MR) is 69.7 cm³/mol. The second-order valence-corrected chi connectivity index (χ2v) is 5.72. The first kappa shape index (κ1) is 14.7. The quantitative estimate of drug-likeness (QED) is 0.797. The molecule has 2 rings (SSSR count). The molecule has 1 saturated heterocycles. The summed E-state index contributed by atoms with van der Waals surface area (Å²) < 4.78 is 24.2. The molecule has 5 nitrogen and oxygen atoms in total. The van der Waals surface area contributed by atoms with Gasteiger partial charge in [-0.05, 0) is 45.0 Å². The van der Waals surface area contributed by atoms with E-state index in [-0.39, 0.29) is 11.3 Å². The van der Waals surface area contributed by atoms with Crippen molar-refractivity contribution >= 4 is 16.4 Å². The molecule has 2 N–H and O–H groups in total. The number of benzene rings is 1. The van der Waals surface area contributed by atoms with E-state index in [1.54, 1.807) is 16.9 Å². The number of hydrogen-bond donors (Lipinski definition) is 2. The van der Waals surface area contributed by atoms with Crippen molar-refractivity contribution in [3.63, 3.8) is 0 Å². The van der Waals surface area contributed by atoms with Gasteiger partial charge in [-0.2, -0.15) is 0 Å². The molecule has 0 spiro atoms. The lowest BCUT2D eigenvalue weighted by Crippen LogP contribution is -2.21. The Balaban J connectivity index is 0.000000269. The first-order valence-electron chi connectivity index (χ1n) is 5.79. The highest BCUT2D eigenvalue weighted by Gasteiger charge is 2.11. The van der Waals surface area contributed by atoms with E-state index in [4.69, 9.17) is 0 Å². The molecule has 1 aromatic carbocycles. The third-order valence-corrected chi connectivity index (χ3v) is 3.79. The van der Waals surface area contributed by atoms with Crippen molar-refractivity contribution in [3.8, 4) is 0 Å². The Bertz CT molecular complexity index is 457. The van der Waals surface area contributed by atoms with Gasteiger partial charge in [-0.3, -0.25) is 9.52 Å². The number of sulfonamides is 1. The summed E-state index contributed by atoms with van der Waals surface area (Å²) in [5.41, 5.74) is 0.963. The van der Waals surface area contributed by atoms with Crippen LogP contribution in [0, 0.1) is 6.92 Å². The number of hydrogen-bond acceptors (Lipinski definition) is 4. The van der Waals surface area contributed by atoms with Gasteiger partial charge in [0.25, 0.3) is 10.0 Å². The number of carbonyl (C=O) groups excluding carboxylic acids is 1. The van der Waals surface area contributed by atoms with Crippen molar-refractivity contribution in [2.45, 2.75) is 24.7 Å². The van der Waals surface area contributed by atoms with Crippen molar-refractivity contribution in [1.29, 1.82) is 0 Å². The lowest BCUT2D eigenvalue weighted by atomic mass is 10.2. The van der Waals surface area contributed by atoms with Crippen molar-refractivity contribution in [1.82, 2.24) is 10.0 Å². The number of rotatable bonds is 3. The average Bonchev–Trinajstić information content (AvgIpc) is 2.88. The summed E-state index contributed by atoms with van der Waals surface area (Å²) in [5.74, 6) is 0. The molecule has 0 radical (unpaired) electrons. The zero-order chi connectivity index (χ0) is 13.4. The standard InChI is InChI=1S/C8H9NO3S.C4H9N/c1-7-2-4-8(5-3-7)13(11,12)9-6-10;1-2-4-5-3-1/h2-6H,1H3,(H,9,10);5H,1-4H2. The van der Waals surface area contributed by atoms with Gasteiger partial charge in [-0.25, -0.2) is 8.42 Å². The molecule has 0 saturated carbocycles. The van der Waals surface area contributed by atoms with E-state index in [2.05, 4.69) is 5.32 Å². The molecule has 1 heterocycles. The van der Waals surface area contributed by atoms with Crippen LogP contribution in [0.25, 0.3) is 0 Å². The van der Waals surface area contributed by atoms with Crippen LogP contribution in [0.3, 0.4) is 0 Å². The molecule has 0 aliphatic carbocycles. The number of aryl methyl sites for hydroxylation is 1. The lowest BCUT2D eigenvalue weighted by Gasteiger charge is -2.01. The fourth-order valence-corrected chi connectivity index (χ4v) is 2.23. The summed E-state index contributed by atoms with van der Waals surface area (Å²) in [6.45, 7) is 4.35. The average molecular weight is 270 g/mol. The zero-order valence-corrected chi connectivity index (χ0v) is 11.2. The Labute approximate surface area is 108 Å². The Morgan fingerprint density at radius 2 is 1.72 bits per heavy atom. The van der Waals surface area contributed by atoms with Gasteiger partial charge in [0.05, 0.1) is 4.90 Å². The molecule has 1 amide bonds. The third-order valence-electron chi connectivity index (χ3n) is 2.49. The highest BCUT2D eigenvalue weighted by Crippen LogP contribution is 2.08. The van der Waals surface area contributed by atoms with Crippen molar-refractivity contribution in [3.05, 3.63) is 29.8 Å². The van der Waals surface area contributed by atoms with Crippen LogP contribution in [0.5, 0.6) is 0 Å². The first-order valence-corrected chi connectivity index (χ1v) is 7.28. The molecular formula is C12H18N2O3S. The van der Waals surface area contributed by atoms with Crippen LogP contribution in [0.15, 0.2) is 29.2 Å². The minimum absolute atomic E-state index is 0.0881. The van der Waals surface area contributed by atoms with Crippen LogP contribution >= 0.6 is 0 Å². The molecule has 6 heteroatoms. The second kappa shape index (κ2) is 7.13. The van der Waals surface area contributed by atoms with Crippen molar-refractivity contribution in [2.75, 3.05) is 13.1 Å². The normalized spacial score (nSPS) is 14.5. The zero-order valence-electron chi connectivity index (χ0n) is 10.3. The SMILES string of the molecule is C1CCNC1.Cc1ccc(S(=O)(=O)NC=O)cc1. The fourth-order valence-electron chi connectivity index (χ4n) is 1.47. The molecule has 0 unspecified atom stereocenters. The maximum Gasteiger partial charge on any atom is 0.263 e. The molecule has 0 aromatic heterocycles. The minimum atomic E-state index is -3.65. The van der Waals surface area contributed by atoms with Crippen LogP contribution < -0.4 is 10.0 Å². The van der Waals surface area contributed by atoms with Gasteiger partial charge in [0, 0.05) is 0 Å². The van der Waals surface area contributed by atoms with Gasteiger partial charge in [-0.1, -0.05) is 17.7 Å². The molecule has 1 aromatic rings. The van der Waals surface area contributed by atoms with E-state index < -0.39 is 10.0 Å². The van der Waals surface area contributed by atoms with E-state index in [1.165, 1.54) is 38.1 Å². The topological polar surface area (TPSA) is 75.3 Å². The largest absolute Gasteiger partial charge is 0.317 e. The maximum absolute atomic E-state index is 11.2. The third kappa shape index (κ3) is 4.85. The Morgan fingerprint density at radius 3 is 2.11 bits per heavy atom. The highest BCUT2D eigenvalue weighted by molar-refractivity contribution is 7.90. The molecule has 1 aliphatic rings.